The number of fused-ring (bicyclic) bond motifs is 9. The Morgan fingerprint density at radius 2 is 0.618 bits per heavy atom. The lowest BCUT2D eigenvalue weighted by Crippen LogP contribution is -1.86. The second-order valence-corrected chi connectivity index (χ2v) is 14.5. The molecule has 0 bridgehead atoms. The first-order valence-corrected chi connectivity index (χ1v) is 18.9. The molecular weight excluding hydrogens is 665 g/mol. The standard InChI is InChI=1S/C54H34O/c1-2-11-35(12-3-1)36-23-25-37(26-24-36)38-13-8-14-39(31-38)42-28-30-53-52(34-42)50-22-10-21-44(54(50)55-53)43-16-9-15-40(32-43)41-27-29-49-47-19-5-4-17-45(47)46-18-6-7-20-48(46)51(49)33-41/h1-34H. The Bertz CT molecular complexity index is 3200. The molecule has 1 heteroatoms. The molecule has 55 heavy (non-hydrogen) atoms. The van der Waals surface area contributed by atoms with E-state index in [2.05, 4.69) is 206 Å². The van der Waals surface area contributed by atoms with Gasteiger partial charge in [-0.1, -0.05) is 176 Å². The fourth-order valence-corrected chi connectivity index (χ4v) is 8.52. The summed E-state index contributed by atoms with van der Waals surface area (Å²) in [5.74, 6) is 0. The quantitative estimate of drug-likeness (QED) is 0.163. The summed E-state index contributed by atoms with van der Waals surface area (Å²) in [6, 6.07) is 74.6. The van der Waals surface area contributed by atoms with Gasteiger partial charge < -0.3 is 4.42 Å². The van der Waals surface area contributed by atoms with Crippen LogP contribution in [0, 0.1) is 0 Å². The Labute approximate surface area is 319 Å². The summed E-state index contributed by atoms with van der Waals surface area (Å²) in [6.07, 6.45) is 0. The van der Waals surface area contributed by atoms with Crippen molar-refractivity contribution in [1.29, 1.82) is 0 Å². The van der Waals surface area contributed by atoms with E-state index in [0.717, 1.165) is 33.1 Å². The van der Waals surface area contributed by atoms with E-state index in [1.165, 1.54) is 76.8 Å². The summed E-state index contributed by atoms with van der Waals surface area (Å²) in [7, 11) is 0. The molecule has 0 aliphatic heterocycles. The molecule has 1 aromatic heterocycles. The summed E-state index contributed by atoms with van der Waals surface area (Å²) in [5.41, 5.74) is 13.6. The van der Waals surface area contributed by atoms with Crippen LogP contribution in [0.1, 0.15) is 0 Å². The van der Waals surface area contributed by atoms with Crippen molar-refractivity contribution in [1.82, 2.24) is 0 Å². The molecule has 0 N–H and O–H groups in total. The SMILES string of the molecule is c1ccc(-c2ccc(-c3cccc(-c4ccc5oc6c(-c7cccc(-c8ccc9c%10ccccc%10c%10ccccc%10c9c8)c7)cccc6c5c4)c3)cc2)cc1. The maximum absolute atomic E-state index is 6.66. The molecule has 0 radical (unpaired) electrons. The lowest BCUT2D eigenvalue weighted by atomic mass is 9.91. The fraction of sp³-hybridized carbons (Fsp3) is 0. The van der Waals surface area contributed by atoms with E-state index in [0.29, 0.717) is 0 Å². The molecule has 11 aromatic rings. The van der Waals surface area contributed by atoms with Crippen LogP contribution in [0.5, 0.6) is 0 Å². The highest BCUT2D eigenvalue weighted by molar-refractivity contribution is 6.25. The average Bonchev–Trinajstić information content (AvgIpc) is 3.65. The number of hydrogen-bond acceptors (Lipinski definition) is 1. The summed E-state index contributed by atoms with van der Waals surface area (Å²) in [4.78, 5) is 0. The van der Waals surface area contributed by atoms with E-state index in [9.17, 15) is 0 Å². The van der Waals surface area contributed by atoms with Crippen molar-refractivity contribution in [2.75, 3.05) is 0 Å². The van der Waals surface area contributed by atoms with Gasteiger partial charge in [-0.2, -0.15) is 0 Å². The molecule has 0 saturated carbocycles. The Kier molecular flexibility index (Phi) is 7.25. The van der Waals surface area contributed by atoms with Crippen LogP contribution in [0.2, 0.25) is 0 Å². The molecule has 0 fully saturated rings. The van der Waals surface area contributed by atoms with Gasteiger partial charge in [0, 0.05) is 16.3 Å². The van der Waals surface area contributed by atoms with Gasteiger partial charge in [-0.25, -0.2) is 0 Å². The van der Waals surface area contributed by atoms with Crippen LogP contribution >= 0.6 is 0 Å². The van der Waals surface area contributed by atoms with Gasteiger partial charge in [0.1, 0.15) is 11.2 Å². The molecule has 0 amide bonds. The lowest BCUT2D eigenvalue weighted by Gasteiger charge is -2.12. The van der Waals surface area contributed by atoms with Gasteiger partial charge in [0.2, 0.25) is 0 Å². The summed E-state index contributed by atoms with van der Waals surface area (Å²) in [6.45, 7) is 0. The minimum absolute atomic E-state index is 0.892. The second kappa shape index (κ2) is 12.7. The van der Waals surface area contributed by atoms with Crippen LogP contribution in [0.3, 0.4) is 0 Å². The van der Waals surface area contributed by atoms with Crippen molar-refractivity contribution in [2.24, 2.45) is 0 Å². The number of furan rings is 1. The number of rotatable bonds is 5. The highest BCUT2D eigenvalue weighted by atomic mass is 16.3. The van der Waals surface area contributed by atoms with Gasteiger partial charge in [-0.3, -0.25) is 0 Å². The van der Waals surface area contributed by atoms with Crippen LogP contribution in [0.4, 0.5) is 0 Å². The van der Waals surface area contributed by atoms with Crippen molar-refractivity contribution < 1.29 is 4.42 Å². The van der Waals surface area contributed by atoms with E-state index >= 15 is 0 Å². The van der Waals surface area contributed by atoms with Gasteiger partial charge in [-0.15, -0.1) is 0 Å². The third-order valence-electron chi connectivity index (χ3n) is 11.3. The molecule has 0 spiro atoms. The Morgan fingerprint density at radius 3 is 1.29 bits per heavy atom. The lowest BCUT2D eigenvalue weighted by molar-refractivity contribution is 0.670. The molecule has 11 rings (SSSR count). The first-order chi connectivity index (χ1) is 27.2. The monoisotopic (exact) mass is 698 g/mol. The van der Waals surface area contributed by atoms with Crippen LogP contribution in [-0.4, -0.2) is 0 Å². The second-order valence-electron chi connectivity index (χ2n) is 14.5. The van der Waals surface area contributed by atoms with Gasteiger partial charge in [0.25, 0.3) is 0 Å². The Balaban J connectivity index is 0.959. The zero-order chi connectivity index (χ0) is 36.3. The van der Waals surface area contributed by atoms with E-state index in [1.807, 2.05) is 0 Å². The first kappa shape index (κ1) is 31.3. The van der Waals surface area contributed by atoms with Gasteiger partial charge >= 0.3 is 0 Å². The smallest absolute Gasteiger partial charge is 0.143 e. The normalized spacial score (nSPS) is 11.6. The van der Waals surface area contributed by atoms with Gasteiger partial charge in [0.05, 0.1) is 0 Å². The zero-order valence-corrected chi connectivity index (χ0v) is 30.0. The largest absolute Gasteiger partial charge is 0.455 e. The zero-order valence-electron chi connectivity index (χ0n) is 30.0. The van der Waals surface area contributed by atoms with Crippen molar-refractivity contribution in [2.45, 2.75) is 0 Å². The number of hydrogen-bond donors (Lipinski definition) is 0. The third-order valence-corrected chi connectivity index (χ3v) is 11.3. The van der Waals surface area contributed by atoms with E-state index in [4.69, 9.17) is 4.42 Å². The Morgan fingerprint density at radius 1 is 0.218 bits per heavy atom. The minimum atomic E-state index is 0.892. The minimum Gasteiger partial charge on any atom is -0.455 e. The first-order valence-electron chi connectivity index (χ1n) is 18.9. The van der Waals surface area contributed by atoms with Gasteiger partial charge in [0.15, 0.2) is 0 Å². The topological polar surface area (TPSA) is 13.1 Å². The van der Waals surface area contributed by atoms with Crippen LogP contribution in [-0.2, 0) is 0 Å². The highest BCUT2D eigenvalue weighted by Gasteiger charge is 2.15. The molecule has 256 valence electrons. The summed E-state index contributed by atoms with van der Waals surface area (Å²) < 4.78 is 6.66. The number of para-hydroxylation sites is 1. The van der Waals surface area contributed by atoms with Crippen LogP contribution < -0.4 is 0 Å². The highest BCUT2D eigenvalue weighted by Crippen LogP contribution is 2.41. The molecular formula is C54H34O. The predicted molar refractivity (Wildman–Crippen MR) is 233 cm³/mol. The summed E-state index contributed by atoms with van der Waals surface area (Å²) in [5, 5.41) is 9.96. The average molecular weight is 699 g/mol. The number of benzene rings is 10. The molecule has 0 atom stereocenters. The van der Waals surface area contributed by atoms with E-state index in [-0.39, 0.29) is 0 Å². The third kappa shape index (κ3) is 5.32. The maximum Gasteiger partial charge on any atom is 0.143 e. The maximum atomic E-state index is 6.66. The van der Waals surface area contributed by atoms with Crippen molar-refractivity contribution in [3.63, 3.8) is 0 Å². The molecule has 1 heterocycles. The van der Waals surface area contributed by atoms with E-state index in [1.54, 1.807) is 0 Å². The molecule has 10 aromatic carbocycles. The molecule has 0 saturated heterocycles. The molecule has 1 nitrogen and oxygen atoms in total. The fourth-order valence-electron chi connectivity index (χ4n) is 8.52. The van der Waals surface area contributed by atoms with E-state index < -0.39 is 0 Å². The molecule has 0 aliphatic rings. The summed E-state index contributed by atoms with van der Waals surface area (Å²) >= 11 is 0. The molecule has 0 aliphatic carbocycles. The van der Waals surface area contributed by atoms with Gasteiger partial charge in [-0.05, 0) is 113 Å². The predicted octanol–water partition coefficient (Wildman–Crippen LogP) is 15.4. The van der Waals surface area contributed by atoms with Crippen LogP contribution in [0.15, 0.2) is 211 Å². The Hall–Kier alpha value is -7.22. The van der Waals surface area contributed by atoms with Crippen molar-refractivity contribution >= 4 is 54.3 Å². The van der Waals surface area contributed by atoms with Crippen molar-refractivity contribution in [3.05, 3.63) is 206 Å². The van der Waals surface area contributed by atoms with Crippen LogP contribution in [0.25, 0.3) is 110 Å². The van der Waals surface area contributed by atoms with Crippen molar-refractivity contribution in [3.8, 4) is 55.6 Å². The molecule has 0 unspecified atom stereocenters.